The molecule has 166 valence electrons. The molecule has 1 heterocycles. The summed E-state index contributed by atoms with van der Waals surface area (Å²) in [6, 6.07) is 19.3. The van der Waals surface area contributed by atoms with Crippen LogP contribution in [0.15, 0.2) is 60.7 Å². The van der Waals surface area contributed by atoms with Crippen LogP contribution in [0.4, 0.5) is 0 Å². The van der Waals surface area contributed by atoms with E-state index in [9.17, 15) is 9.59 Å². The maximum atomic E-state index is 12.0. The predicted octanol–water partition coefficient (Wildman–Crippen LogP) is 3.00. The van der Waals surface area contributed by atoms with E-state index in [1.165, 1.54) is 13.8 Å². The van der Waals surface area contributed by atoms with Crippen LogP contribution in [0.1, 0.15) is 38.8 Å². The lowest BCUT2D eigenvalue weighted by atomic mass is 9.91. The maximum Gasteiger partial charge on any atom is 0.217 e. The zero-order valence-electron chi connectivity index (χ0n) is 18.6. The van der Waals surface area contributed by atoms with Crippen LogP contribution in [0.25, 0.3) is 0 Å². The number of rotatable bonds is 8. The number of carbonyl (C=O) groups is 2. The molecule has 1 aliphatic heterocycles. The first-order valence-electron chi connectivity index (χ1n) is 10.7. The molecule has 1 saturated heterocycles. The number of ether oxygens (including phenoxy) is 2. The van der Waals surface area contributed by atoms with Gasteiger partial charge in [-0.15, -0.1) is 0 Å². The molecule has 2 aromatic carbocycles. The molecule has 3 rings (SSSR count). The number of nitrogens with one attached hydrogen (secondary N) is 2. The van der Waals surface area contributed by atoms with Gasteiger partial charge >= 0.3 is 0 Å². The third-order valence-electron chi connectivity index (χ3n) is 5.33. The van der Waals surface area contributed by atoms with Crippen LogP contribution < -0.4 is 10.6 Å². The molecule has 0 saturated carbocycles. The molecule has 0 radical (unpaired) electrons. The fourth-order valence-electron chi connectivity index (χ4n) is 4.20. The van der Waals surface area contributed by atoms with Gasteiger partial charge in [0.15, 0.2) is 5.79 Å². The van der Waals surface area contributed by atoms with Gasteiger partial charge in [0.25, 0.3) is 0 Å². The Morgan fingerprint density at radius 2 is 1.13 bits per heavy atom. The smallest absolute Gasteiger partial charge is 0.217 e. The fourth-order valence-corrected chi connectivity index (χ4v) is 4.20. The molecule has 0 bridgehead atoms. The van der Waals surface area contributed by atoms with Crippen LogP contribution in [0, 0.1) is 0 Å². The van der Waals surface area contributed by atoms with Crippen LogP contribution in [-0.4, -0.2) is 41.9 Å². The summed E-state index contributed by atoms with van der Waals surface area (Å²) in [4.78, 5) is 24.1. The van der Waals surface area contributed by atoms with E-state index in [0.29, 0.717) is 12.8 Å². The van der Waals surface area contributed by atoms with E-state index in [-0.39, 0.29) is 23.9 Å². The van der Waals surface area contributed by atoms with E-state index in [4.69, 9.17) is 9.47 Å². The third-order valence-corrected chi connectivity index (χ3v) is 5.33. The van der Waals surface area contributed by atoms with E-state index >= 15 is 0 Å². The highest BCUT2D eigenvalue weighted by atomic mass is 16.8. The average Bonchev–Trinajstić information content (AvgIpc) is 3.03. The summed E-state index contributed by atoms with van der Waals surface area (Å²) in [6.07, 6.45) is 0.331. The number of carbonyl (C=O) groups excluding carboxylic acids is 2. The van der Waals surface area contributed by atoms with Gasteiger partial charge in [0.1, 0.15) is 12.2 Å². The summed E-state index contributed by atoms with van der Waals surface area (Å²) in [6.45, 7) is 6.73. The van der Waals surface area contributed by atoms with Gasteiger partial charge in [-0.25, -0.2) is 0 Å². The van der Waals surface area contributed by atoms with Crippen molar-refractivity contribution in [2.24, 2.45) is 0 Å². The topological polar surface area (TPSA) is 76.7 Å². The van der Waals surface area contributed by atoms with E-state index in [0.717, 1.165) is 11.1 Å². The first-order valence-corrected chi connectivity index (χ1v) is 10.7. The third kappa shape index (κ3) is 6.64. The van der Waals surface area contributed by atoms with Gasteiger partial charge in [0.05, 0.1) is 12.1 Å². The van der Waals surface area contributed by atoms with Crippen molar-refractivity contribution in [3.63, 3.8) is 0 Å². The molecule has 0 spiro atoms. The predicted molar refractivity (Wildman–Crippen MR) is 119 cm³/mol. The SMILES string of the molecule is CC(=O)NC(Cc1ccccc1)C1OC(C)(C)OC1C(Cc1ccccc1)NC(C)=O. The van der Waals surface area contributed by atoms with E-state index in [1.807, 2.05) is 74.5 Å². The Bertz CT molecular complexity index is 798. The standard InChI is InChI=1S/C25H32N2O4/c1-17(28)26-21(15-19-11-7-5-8-12-19)23-24(31-25(3,4)30-23)22(27-18(2)29)16-20-13-9-6-10-14-20/h5-14,21-24H,15-16H2,1-4H3,(H,26,28)(H,27,29). The number of amides is 2. The zero-order chi connectivity index (χ0) is 22.4. The molecule has 6 nitrogen and oxygen atoms in total. The minimum atomic E-state index is -0.837. The normalized spacial score (nSPS) is 21.8. The minimum absolute atomic E-state index is 0.132. The first-order chi connectivity index (χ1) is 14.7. The van der Waals surface area contributed by atoms with Gasteiger partial charge in [0, 0.05) is 13.8 Å². The lowest BCUT2D eigenvalue weighted by Gasteiger charge is -2.32. The van der Waals surface area contributed by atoms with E-state index in [2.05, 4.69) is 10.6 Å². The first kappa shape index (κ1) is 23.0. The molecule has 2 N–H and O–H groups in total. The summed E-state index contributed by atoms with van der Waals surface area (Å²) in [7, 11) is 0. The highest BCUT2D eigenvalue weighted by Crippen LogP contribution is 2.33. The van der Waals surface area contributed by atoms with Gasteiger partial charge < -0.3 is 20.1 Å². The molecule has 0 aromatic heterocycles. The second kappa shape index (κ2) is 10.1. The minimum Gasteiger partial charge on any atom is -0.351 e. The molecule has 2 amide bonds. The van der Waals surface area contributed by atoms with Crippen LogP contribution in [0.3, 0.4) is 0 Å². The lowest BCUT2D eigenvalue weighted by molar-refractivity contribution is -0.152. The van der Waals surface area contributed by atoms with Crippen LogP contribution in [0.2, 0.25) is 0 Å². The Morgan fingerprint density at radius 3 is 1.45 bits per heavy atom. The highest BCUT2D eigenvalue weighted by molar-refractivity contribution is 5.74. The second-order valence-electron chi connectivity index (χ2n) is 8.56. The molecule has 2 aromatic rings. The Balaban J connectivity index is 1.91. The number of hydrogen-bond acceptors (Lipinski definition) is 4. The van der Waals surface area contributed by atoms with Crippen molar-refractivity contribution in [3.8, 4) is 0 Å². The van der Waals surface area contributed by atoms with Crippen LogP contribution >= 0.6 is 0 Å². The Kier molecular flexibility index (Phi) is 7.46. The van der Waals surface area contributed by atoms with E-state index in [1.54, 1.807) is 0 Å². The largest absolute Gasteiger partial charge is 0.351 e. The van der Waals surface area contributed by atoms with Gasteiger partial charge in [-0.1, -0.05) is 60.7 Å². The molecule has 1 fully saturated rings. The highest BCUT2D eigenvalue weighted by Gasteiger charge is 2.48. The molecule has 1 aliphatic rings. The second-order valence-corrected chi connectivity index (χ2v) is 8.56. The average molecular weight is 425 g/mol. The summed E-state index contributed by atoms with van der Waals surface area (Å²) in [5.41, 5.74) is 2.18. The summed E-state index contributed by atoms with van der Waals surface area (Å²) in [5.74, 6) is -1.10. The van der Waals surface area contributed by atoms with Crippen molar-refractivity contribution in [2.75, 3.05) is 0 Å². The van der Waals surface area contributed by atoms with Crippen molar-refractivity contribution in [3.05, 3.63) is 71.8 Å². The maximum absolute atomic E-state index is 12.0. The van der Waals surface area contributed by atoms with Gasteiger partial charge in [-0.2, -0.15) is 0 Å². The summed E-state index contributed by atoms with van der Waals surface area (Å²) < 4.78 is 12.6. The number of hydrogen-bond donors (Lipinski definition) is 2. The van der Waals surface area contributed by atoms with Crippen LogP contribution in [0.5, 0.6) is 0 Å². The molecular weight excluding hydrogens is 392 g/mol. The summed E-state index contributed by atoms with van der Waals surface area (Å²) >= 11 is 0. The zero-order valence-corrected chi connectivity index (χ0v) is 18.6. The fraction of sp³-hybridized carbons (Fsp3) is 0.440. The molecular formula is C25H32N2O4. The number of benzene rings is 2. The van der Waals surface area contributed by atoms with Gasteiger partial charge in [-0.3, -0.25) is 9.59 Å². The summed E-state index contributed by atoms with van der Waals surface area (Å²) in [5, 5.41) is 6.11. The molecule has 0 aliphatic carbocycles. The van der Waals surface area contributed by atoms with Crippen molar-refractivity contribution in [1.29, 1.82) is 0 Å². The molecule has 4 atom stereocenters. The Hall–Kier alpha value is -2.70. The van der Waals surface area contributed by atoms with E-state index < -0.39 is 18.0 Å². The molecule has 31 heavy (non-hydrogen) atoms. The van der Waals surface area contributed by atoms with Gasteiger partial charge in [-0.05, 0) is 37.8 Å². The van der Waals surface area contributed by atoms with Gasteiger partial charge in [0.2, 0.25) is 11.8 Å². The van der Waals surface area contributed by atoms with Crippen molar-refractivity contribution in [2.45, 2.75) is 70.6 Å². The van der Waals surface area contributed by atoms with Crippen molar-refractivity contribution >= 4 is 11.8 Å². The van der Waals surface area contributed by atoms with Crippen molar-refractivity contribution in [1.82, 2.24) is 10.6 Å². The van der Waals surface area contributed by atoms with Crippen LogP contribution in [-0.2, 0) is 31.9 Å². The Labute approximate surface area is 184 Å². The lowest BCUT2D eigenvalue weighted by Crippen LogP contribution is -2.55. The molecule has 4 unspecified atom stereocenters. The monoisotopic (exact) mass is 424 g/mol. The van der Waals surface area contributed by atoms with Crippen molar-refractivity contribution < 1.29 is 19.1 Å². The molecule has 6 heteroatoms. The Morgan fingerprint density at radius 1 is 0.774 bits per heavy atom. The quantitative estimate of drug-likeness (QED) is 0.683.